The largest absolute Gasteiger partial charge is 0.481 e. The van der Waals surface area contributed by atoms with Crippen molar-refractivity contribution in [2.75, 3.05) is 0 Å². The fourth-order valence-corrected chi connectivity index (χ4v) is 9.21. The number of carbonyl (C=O) groups is 2. The van der Waals surface area contributed by atoms with Crippen molar-refractivity contribution in [2.24, 2.45) is 46.3 Å². The van der Waals surface area contributed by atoms with Crippen LogP contribution in [0.1, 0.15) is 138 Å². The Labute approximate surface area is 233 Å². The quantitative estimate of drug-likeness (QED) is 0.238. The van der Waals surface area contributed by atoms with Crippen molar-refractivity contribution >= 4 is 11.9 Å². The lowest BCUT2D eigenvalue weighted by atomic mass is 9.47. The molecule has 3 saturated carbocycles. The highest BCUT2D eigenvalue weighted by Gasteiger charge is 2.59. The van der Waals surface area contributed by atoms with E-state index < -0.39 is 5.97 Å². The van der Waals surface area contributed by atoms with E-state index in [1.807, 2.05) is 0 Å². The lowest BCUT2D eigenvalue weighted by molar-refractivity contribution is -0.154. The molecule has 0 bridgehead atoms. The summed E-state index contributed by atoms with van der Waals surface area (Å²) in [6, 6.07) is 0. The van der Waals surface area contributed by atoms with Gasteiger partial charge in [-0.3, -0.25) is 9.59 Å². The topological polar surface area (TPSA) is 63.6 Å². The molecule has 3 fully saturated rings. The predicted octanol–water partition coefficient (Wildman–Crippen LogP) is 9.22. The van der Waals surface area contributed by atoms with Gasteiger partial charge in [-0.2, -0.15) is 0 Å². The van der Waals surface area contributed by atoms with Gasteiger partial charge in [-0.1, -0.05) is 85.8 Å². The van der Waals surface area contributed by atoms with Gasteiger partial charge in [0.05, 0.1) is 12.8 Å². The highest BCUT2D eigenvalue weighted by atomic mass is 16.5. The van der Waals surface area contributed by atoms with Crippen molar-refractivity contribution in [3.63, 3.8) is 0 Å². The second-order valence-corrected chi connectivity index (χ2v) is 14.2. The van der Waals surface area contributed by atoms with Crippen LogP contribution in [0.2, 0.25) is 0 Å². The predicted molar refractivity (Wildman–Crippen MR) is 156 cm³/mol. The second-order valence-electron chi connectivity index (χ2n) is 14.2. The first kappa shape index (κ1) is 31.2. The summed E-state index contributed by atoms with van der Waals surface area (Å²) < 4.78 is 5.70. The van der Waals surface area contributed by atoms with Crippen molar-refractivity contribution in [1.82, 2.24) is 0 Å². The number of fused-ring (bicyclic) bond motifs is 5. The molecule has 4 heteroatoms. The van der Waals surface area contributed by atoms with E-state index in [1.165, 1.54) is 63.4 Å². The van der Waals surface area contributed by atoms with Crippen LogP contribution in [0.15, 0.2) is 11.6 Å². The van der Waals surface area contributed by atoms with Gasteiger partial charge in [-0.15, -0.1) is 0 Å². The monoisotopic (exact) mass is 530 g/mol. The number of carboxylic acids is 1. The first-order valence-electron chi connectivity index (χ1n) is 16.1. The maximum Gasteiger partial charge on any atom is 0.306 e. The summed E-state index contributed by atoms with van der Waals surface area (Å²) in [5.41, 5.74) is 2.27. The summed E-state index contributed by atoms with van der Waals surface area (Å²) in [6.45, 7) is 16.6. The molecule has 8 atom stereocenters. The molecular weight excluding hydrogens is 472 g/mol. The van der Waals surface area contributed by atoms with E-state index in [0.717, 1.165) is 54.8 Å². The highest BCUT2D eigenvalue weighted by molar-refractivity contribution is 5.76. The van der Waals surface area contributed by atoms with Crippen LogP contribution in [-0.4, -0.2) is 23.1 Å². The summed E-state index contributed by atoms with van der Waals surface area (Å²) in [4.78, 5) is 22.9. The Morgan fingerprint density at radius 2 is 1.71 bits per heavy atom. The molecule has 4 rings (SSSR count). The molecule has 1 N–H and O–H groups in total. The number of aliphatic carboxylic acids is 1. The summed E-state index contributed by atoms with van der Waals surface area (Å²) in [5.74, 6) is 3.68. The number of carbonyl (C=O) groups excluding carboxylic acids is 1. The molecule has 38 heavy (non-hydrogen) atoms. The van der Waals surface area contributed by atoms with Gasteiger partial charge < -0.3 is 9.84 Å². The van der Waals surface area contributed by atoms with Crippen molar-refractivity contribution in [3.05, 3.63) is 11.6 Å². The first-order valence-corrected chi connectivity index (χ1v) is 16.1. The summed E-state index contributed by atoms with van der Waals surface area (Å²) in [6.07, 6.45) is 17.3. The van der Waals surface area contributed by atoms with E-state index in [0.29, 0.717) is 5.41 Å². The van der Waals surface area contributed by atoms with Crippen LogP contribution >= 0.6 is 0 Å². The van der Waals surface area contributed by atoms with Crippen LogP contribution < -0.4 is 0 Å². The van der Waals surface area contributed by atoms with Gasteiger partial charge in [0, 0.05) is 6.42 Å². The summed E-state index contributed by atoms with van der Waals surface area (Å²) >= 11 is 0. The van der Waals surface area contributed by atoms with Gasteiger partial charge in [-0.05, 0) is 91.3 Å². The number of carboxylic acid groups (broad SMARTS) is 1. The van der Waals surface area contributed by atoms with Gasteiger partial charge in [-0.25, -0.2) is 0 Å². The van der Waals surface area contributed by atoms with Gasteiger partial charge in [0.15, 0.2) is 0 Å². The number of esters is 1. The fraction of sp³-hybridized carbons (Fsp3) is 0.882. The Morgan fingerprint density at radius 1 is 1.00 bits per heavy atom. The zero-order valence-electron chi connectivity index (χ0n) is 25.7. The van der Waals surface area contributed by atoms with E-state index in [2.05, 4.69) is 54.5 Å². The molecular formula is C34H58O4. The van der Waals surface area contributed by atoms with Crippen LogP contribution in [0.3, 0.4) is 0 Å². The van der Waals surface area contributed by atoms with E-state index in [1.54, 1.807) is 0 Å². The average molecular weight is 531 g/mol. The van der Waals surface area contributed by atoms with Crippen LogP contribution in [0.5, 0.6) is 0 Å². The fourth-order valence-electron chi connectivity index (χ4n) is 9.21. The summed E-state index contributed by atoms with van der Waals surface area (Å²) in [7, 11) is 0. The molecule has 4 aliphatic rings. The Balaban J connectivity index is 0.00000127. The lowest BCUT2D eigenvalue weighted by Gasteiger charge is -2.58. The third kappa shape index (κ3) is 6.87. The SMILES string of the molecule is CC(C)CCCC(C)C1CCC2C3CC=C4CC(OC(=O)CCC(=O)O)CCC4(C)C3CCC12C.CCC. The number of allylic oxidation sites excluding steroid dienone is 1. The highest BCUT2D eigenvalue weighted by Crippen LogP contribution is 2.67. The Bertz CT molecular complexity index is 830. The normalized spacial score (nSPS) is 36.6. The molecule has 0 heterocycles. The number of hydrogen-bond donors (Lipinski definition) is 1. The molecule has 0 aromatic heterocycles. The smallest absolute Gasteiger partial charge is 0.306 e. The van der Waals surface area contributed by atoms with Crippen molar-refractivity contribution in [3.8, 4) is 0 Å². The summed E-state index contributed by atoms with van der Waals surface area (Å²) in [5, 5.41) is 8.84. The number of ether oxygens (including phenoxy) is 1. The van der Waals surface area contributed by atoms with E-state index in [4.69, 9.17) is 9.84 Å². The molecule has 0 aliphatic heterocycles. The third-order valence-electron chi connectivity index (χ3n) is 11.1. The maximum atomic E-state index is 12.1. The molecule has 0 aromatic carbocycles. The zero-order valence-corrected chi connectivity index (χ0v) is 25.7. The maximum absolute atomic E-state index is 12.1. The van der Waals surface area contributed by atoms with Crippen LogP contribution in [-0.2, 0) is 14.3 Å². The molecule has 0 aromatic rings. The van der Waals surface area contributed by atoms with Crippen LogP contribution in [0, 0.1) is 46.3 Å². The van der Waals surface area contributed by atoms with Crippen LogP contribution in [0.4, 0.5) is 0 Å². The third-order valence-corrected chi connectivity index (χ3v) is 11.1. The molecule has 8 unspecified atom stereocenters. The minimum Gasteiger partial charge on any atom is -0.481 e. The van der Waals surface area contributed by atoms with E-state index >= 15 is 0 Å². The van der Waals surface area contributed by atoms with Crippen molar-refractivity contribution in [2.45, 2.75) is 144 Å². The van der Waals surface area contributed by atoms with E-state index in [9.17, 15) is 9.59 Å². The number of rotatable bonds is 9. The van der Waals surface area contributed by atoms with Crippen LogP contribution in [0.25, 0.3) is 0 Å². The van der Waals surface area contributed by atoms with E-state index in [-0.39, 0.29) is 30.3 Å². The Morgan fingerprint density at radius 3 is 2.37 bits per heavy atom. The standard InChI is InChI=1S/C31H50O4.C3H8/c1-20(2)7-6-8-21(3)25-11-12-26-24-10-9-22-19-23(35-29(34)14-13-28(32)33)15-17-30(22,4)27(24)16-18-31(25,26)5;1-3-2/h9,20-21,23-27H,6-8,10-19H2,1-5H3,(H,32,33);3H2,1-2H3. The molecule has 0 spiro atoms. The second kappa shape index (κ2) is 13.4. The first-order chi connectivity index (χ1) is 18.0. The average Bonchev–Trinajstić information content (AvgIpc) is 3.20. The minimum atomic E-state index is -0.942. The molecule has 4 nitrogen and oxygen atoms in total. The number of hydrogen-bond acceptors (Lipinski definition) is 3. The molecule has 0 radical (unpaired) electrons. The minimum absolute atomic E-state index is 0.0236. The van der Waals surface area contributed by atoms with Gasteiger partial charge in [0.2, 0.25) is 0 Å². The zero-order chi connectivity index (χ0) is 28.1. The van der Waals surface area contributed by atoms with Gasteiger partial charge >= 0.3 is 11.9 Å². The molecule has 0 amide bonds. The van der Waals surface area contributed by atoms with Gasteiger partial charge in [0.1, 0.15) is 6.10 Å². The lowest BCUT2D eigenvalue weighted by Crippen LogP contribution is -2.51. The van der Waals surface area contributed by atoms with Gasteiger partial charge in [0.25, 0.3) is 0 Å². The Hall–Kier alpha value is -1.32. The van der Waals surface area contributed by atoms with Crippen molar-refractivity contribution < 1.29 is 19.4 Å². The molecule has 218 valence electrons. The molecule has 0 saturated heterocycles. The van der Waals surface area contributed by atoms with Crippen molar-refractivity contribution in [1.29, 1.82) is 0 Å². The Kier molecular flexibility index (Phi) is 11.0. The molecule has 4 aliphatic carbocycles.